The van der Waals surface area contributed by atoms with Crippen molar-refractivity contribution in [2.24, 2.45) is 0 Å². The van der Waals surface area contributed by atoms with Crippen molar-refractivity contribution in [3.05, 3.63) is 45.1 Å². The number of nitrogens with zero attached hydrogens (tertiary/aromatic N) is 3. The maximum atomic E-state index is 12.9. The Balaban J connectivity index is 2.01. The van der Waals surface area contributed by atoms with Gasteiger partial charge in [0.2, 0.25) is 5.91 Å². The number of para-hydroxylation sites is 1. The molecule has 2 heterocycles. The standard InChI is InChI=1S/C18H23N3O5/c1-25-10-4-7-20-17(23)14-5-2-3-6-15(14)21(18(20)24)13-16(22)19-8-11-26-12-9-19/h2-3,5-6H,4,7-13H2,1H3. The number of carbonyl (C=O) groups excluding carboxylic acids is 1. The van der Waals surface area contributed by atoms with Crippen LogP contribution in [0.4, 0.5) is 0 Å². The van der Waals surface area contributed by atoms with Crippen LogP contribution in [0.5, 0.6) is 0 Å². The summed E-state index contributed by atoms with van der Waals surface area (Å²) >= 11 is 0. The molecule has 2 aromatic rings. The van der Waals surface area contributed by atoms with E-state index in [1.165, 1.54) is 9.13 Å². The van der Waals surface area contributed by atoms with Gasteiger partial charge in [-0.2, -0.15) is 0 Å². The smallest absolute Gasteiger partial charge is 0.331 e. The van der Waals surface area contributed by atoms with E-state index in [9.17, 15) is 14.4 Å². The fraction of sp³-hybridized carbons (Fsp3) is 0.500. The molecule has 1 aromatic carbocycles. The Bertz CT molecular complexity index is 896. The molecule has 1 amide bonds. The lowest BCUT2D eigenvalue weighted by molar-refractivity contribution is -0.135. The number of hydrogen-bond donors (Lipinski definition) is 0. The first-order chi connectivity index (χ1) is 12.6. The predicted octanol–water partition coefficient (Wildman–Crippen LogP) is 0.0585. The lowest BCUT2D eigenvalue weighted by Gasteiger charge is -2.27. The summed E-state index contributed by atoms with van der Waals surface area (Å²) in [5.74, 6) is -0.150. The molecule has 0 unspecified atom stereocenters. The van der Waals surface area contributed by atoms with Gasteiger partial charge in [-0.15, -0.1) is 0 Å². The number of fused-ring (bicyclic) bond motifs is 1. The van der Waals surface area contributed by atoms with Gasteiger partial charge < -0.3 is 14.4 Å². The van der Waals surface area contributed by atoms with Crippen LogP contribution in [-0.4, -0.2) is 60.0 Å². The third-order valence-electron chi connectivity index (χ3n) is 4.52. The van der Waals surface area contributed by atoms with Gasteiger partial charge >= 0.3 is 5.69 Å². The van der Waals surface area contributed by atoms with Crippen LogP contribution in [0.2, 0.25) is 0 Å². The van der Waals surface area contributed by atoms with E-state index in [1.54, 1.807) is 36.3 Å². The number of carbonyl (C=O) groups is 1. The molecule has 8 nitrogen and oxygen atoms in total. The number of benzene rings is 1. The summed E-state index contributed by atoms with van der Waals surface area (Å²) in [7, 11) is 1.57. The predicted molar refractivity (Wildman–Crippen MR) is 96.4 cm³/mol. The molecule has 0 radical (unpaired) electrons. The van der Waals surface area contributed by atoms with Gasteiger partial charge in [-0.1, -0.05) is 12.1 Å². The summed E-state index contributed by atoms with van der Waals surface area (Å²) in [5.41, 5.74) is -0.324. The highest BCUT2D eigenvalue weighted by atomic mass is 16.5. The second-order valence-electron chi connectivity index (χ2n) is 6.18. The maximum Gasteiger partial charge on any atom is 0.331 e. The first-order valence-electron chi connectivity index (χ1n) is 8.70. The lowest BCUT2D eigenvalue weighted by Crippen LogP contribution is -2.46. The minimum absolute atomic E-state index is 0.0933. The van der Waals surface area contributed by atoms with Crippen molar-refractivity contribution in [1.29, 1.82) is 0 Å². The Kier molecular flexibility index (Phi) is 5.85. The average Bonchev–Trinajstić information content (AvgIpc) is 2.68. The van der Waals surface area contributed by atoms with E-state index in [4.69, 9.17) is 9.47 Å². The van der Waals surface area contributed by atoms with Crippen LogP contribution < -0.4 is 11.2 Å². The summed E-state index contributed by atoms with van der Waals surface area (Å²) < 4.78 is 12.9. The van der Waals surface area contributed by atoms with Crippen LogP contribution in [-0.2, 0) is 27.4 Å². The van der Waals surface area contributed by atoms with Gasteiger partial charge in [0.15, 0.2) is 0 Å². The van der Waals surface area contributed by atoms with Gasteiger partial charge in [-0.05, 0) is 18.6 Å². The van der Waals surface area contributed by atoms with Crippen molar-refractivity contribution in [2.75, 3.05) is 40.0 Å². The number of hydrogen-bond acceptors (Lipinski definition) is 5. The quantitative estimate of drug-likeness (QED) is 0.680. The minimum Gasteiger partial charge on any atom is -0.385 e. The largest absolute Gasteiger partial charge is 0.385 e. The van der Waals surface area contributed by atoms with Gasteiger partial charge in [-0.25, -0.2) is 4.79 Å². The topological polar surface area (TPSA) is 82.8 Å². The number of amides is 1. The van der Waals surface area contributed by atoms with E-state index in [-0.39, 0.29) is 24.6 Å². The van der Waals surface area contributed by atoms with Crippen LogP contribution >= 0.6 is 0 Å². The number of morpholine rings is 1. The van der Waals surface area contributed by atoms with Gasteiger partial charge in [0.25, 0.3) is 5.56 Å². The van der Waals surface area contributed by atoms with Crippen molar-refractivity contribution in [2.45, 2.75) is 19.5 Å². The second-order valence-corrected chi connectivity index (χ2v) is 6.18. The van der Waals surface area contributed by atoms with Gasteiger partial charge in [0.05, 0.1) is 24.1 Å². The van der Waals surface area contributed by atoms with Crippen LogP contribution in [0.1, 0.15) is 6.42 Å². The van der Waals surface area contributed by atoms with Crippen molar-refractivity contribution in [1.82, 2.24) is 14.0 Å². The average molecular weight is 361 g/mol. The molecule has 140 valence electrons. The lowest BCUT2D eigenvalue weighted by atomic mass is 10.2. The summed E-state index contributed by atoms with van der Waals surface area (Å²) in [6.07, 6.45) is 0.543. The molecule has 1 fully saturated rings. The van der Waals surface area contributed by atoms with Crippen LogP contribution in [0.25, 0.3) is 10.9 Å². The SMILES string of the molecule is COCCCn1c(=O)c2ccccc2n(CC(=O)N2CCOCC2)c1=O. The summed E-state index contributed by atoms with van der Waals surface area (Å²) in [6.45, 7) is 2.63. The molecule has 0 saturated carbocycles. The number of aromatic nitrogens is 2. The zero-order valence-corrected chi connectivity index (χ0v) is 14.8. The van der Waals surface area contributed by atoms with Gasteiger partial charge in [-0.3, -0.25) is 18.7 Å². The molecule has 1 aliphatic heterocycles. The van der Waals surface area contributed by atoms with E-state index in [0.29, 0.717) is 50.2 Å². The highest BCUT2D eigenvalue weighted by molar-refractivity contribution is 5.81. The molecule has 8 heteroatoms. The summed E-state index contributed by atoms with van der Waals surface area (Å²) in [5, 5.41) is 0.430. The minimum atomic E-state index is -0.466. The molecule has 1 saturated heterocycles. The second kappa shape index (κ2) is 8.29. The van der Waals surface area contributed by atoms with Crippen molar-refractivity contribution < 1.29 is 14.3 Å². The molecule has 1 aliphatic rings. The molecular formula is C18H23N3O5. The molecule has 1 aromatic heterocycles. The number of ether oxygens (including phenoxy) is 2. The van der Waals surface area contributed by atoms with E-state index in [1.807, 2.05) is 0 Å². The highest BCUT2D eigenvalue weighted by Gasteiger charge is 2.20. The highest BCUT2D eigenvalue weighted by Crippen LogP contribution is 2.09. The van der Waals surface area contributed by atoms with E-state index in [2.05, 4.69) is 0 Å². The Morgan fingerprint density at radius 1 is 1.15 bits per heavy atom. The molecule has 0 N–H and O–H groups in total. The number of rotatable bonds is 6. The van der Waals surface area contributed by atoms with Crippen molar-refractivity contribution in [3.8, 4) is 0 Å². The Morgan fingerprint density at radius 3 is 2.62 bits per heavy atom. The Morgan fingerprint density at radius 2 is 1.88 bits per heavy atom. The van der Waals surface area contributed by atoms with Crippen molar-refractivity contribution >= 4 is 16.8 Å². The maximum absolute atomic E-state index is 12.9. The monoisotopic (exact) mass is 361 g/mol. The fourth-order valence-corrected chi connectivity index (χ4v) is 3.14. The first kappa shape index (κ1) is 18.3. The third-order valence-corrected chi connectivity index (χ3v) is 4.52. The molecule has 0 bridgehead atoms. The third kappa shape index (κ3) is 3.71. The summed E-state index contributed by atoms with van der Waals surface area (Å²) in [4.78, 5) is 39.9. The van der Waals surface area contributed by atoms with Gasteiger partial charge in [0.1, 0.15) is 6.54 Å². The molecule has 0 atom stereocenters. The number of methoxy groups -OCH3 is 1. The molecule has 0 aliphatic carbocycles. The van der Waals surface area contributed by atoms with E-state index in [0.717, 1.165) is 0 Å². The van der Waals surface area contributed by atoms with E-state index < -0.39 is 5.69 Å². The van der Waals surface area contributed by atoms with Crippen LogP contribution in [0, 0.1) is 0 Å². The molecule has 0 spiro atoms. The fourth-order valence-electron chi connectivity index (χ4n) is 3.14. The molecule has 26 heavy (non-hydrogen) atoms. The Labute approximate surface area is 150 Å². The molecule has 3 rings (SSSR count). The summed E-state index contributed by atoms with van der Waals surface area (Å²) in [6, 6.07) is 6.89. The van der Waals surface area contributed by atoms with E-state index >= 15 is 0 Å². The zero-order valence-electron chi connectivity index (χ0n) is 14.8. The normalized spacial score (nSPS) is 14.7. The Hall–Kier alpha value is -2.45. The van der Waals surface area contributed by atoms with Crippen LogP contribution in [0.15, 0.2) is 33.9 Å². The van der Waals surface area contributed by atoms with Crippen LogP contribution in [0.3, 0.4) is 0 Å². The zero-order chi connectivity index (χ0) is 18.5. The molecular weight excluding hydrogens is 338 g/mol. The first-order valence-corrected chi connectivity index (χ1v) is 8.70. The van der Waals surface area contributed by atoms with Gasteiger partial charge in [0, 0.05) is 33.4 Å². The van der Waals surface area contributed by atoms with Crippen molar-refractivity contribution in [3.63, 3.8) is 0 Å².